The quantitative estimate of drug-likeness (QED) is 0.736. The number of carbonyl (C=O) groups excluding carboxylic acids is 2. The van der Waals surface area contributed by atoms with Crippen LogP contribution in [-0.2, 0) is 14.3 Å². The molecule has 1 saturated heterocycles. The topological polar surface area (TPSA) is 92.5 Å². The second-order valence-corrected chi connectivity index (χ2v) is 5.50. The Balaban J connectivity index is 1.73. The van der Waals surface area contributed by atoms with Gasteiger partial charge in [0.05, 0.1) is 18.6 Å². The number of aromatic nitrogens is 1. The van der Waals surface area contributed by atoms with Gasteiger partial charge in [0.25, 0.3) is 0 Å². The summed E-state index contributed by atoms with van der Waals surface area (Å²) in [5.74, 6) is 0.120. The summed E-state index contributed by atoms with van der Waals surface area (Å²) in [6.45, 7) is 3.28. The van der Waals surface area contributed by atoms with Crippen molar-refractivity contribution in [2.75, 3.05) is 19.7 Å². The molecular formula is C17H21N3O4. The van der Waals surface area contributed by atoms with Gasteiger partial charge >= 0.3 is 5.97 Å². The summed E-state index contributed by atoms with van der Waals surface area (Å²) in [7, 11) is 0. The second kappa shape index (κ2) is 8.87. The summed E-state index contributed by atoms with van der Waals surface area (Å²) < 4.78 is 10.6. The SMILES string of the molecule is CCOC(=O)CCC(=O)N1CCC(Oc2ccc(C#N)cn2)CC1. The molecule has 0 atom stereocenters. The normalized spacial score (nSPS) is 14.8. The Kier molecular flexibility index (Phi) is 6.55. The van der Waals surface area contributed by atoms with Crippen LogP contribution in [0.5, 0.6) is 5.88 Å². The molecule has 1 fully saturated rings. The lowest BCUT2D eigenvalue weighted by Gasteiger charge is -2.32. The van der Waals surface area contributed by atoms with E-state index < -0.39 is 0 Å². The summed E-state index contributed by atoms with van der Waals surface area (Å²) in [6, 6.07) is 5.35. The Morgan fingerprint density at radius 2 is 2.08 bits per heavy atom. The lowest BCUT2D eigenvalue weighted by atomic mass is 10.1. The first kappa shape index (κ1) is 17.7. The molecule has 0 N–H and O–H groups in total. The van der Waals surface area contributed by atoms with Gasteiger partial charge < -0.3 is 14.4 Å². The number of amides is 1. The number of carbonyl (C=O) groups is 2. The number of esters is 1. The first-order valence-corrected chi connectivity index (χ1v) is 8.08. The molecule has 1 aromatic heterocycles. The van der Waals surface area contributed by atoms with Gasteiger partial charge in [-0.05, 0) is 13.0 Å². The fourth-order valence-electron chi connectivity index (χ4n) is 2.51. The van der Waals surface area contributed by atoms with Crippen molar-refractivity contribution < 1.29 is 19.1 Å². The predicted octanol–water partition coefficient (Wildman–Crippen LogP) is 1.67. The molecule has 0 unspecified atom stereocenters. The Bertz CT molecular complexity index is 601. The fourth-order valence-corrected chi connectivity index (χ4v) is 2.51. The third-order valence-electron chi connectivity index (χ3n) is 3.80. The van der Waals surface area contributed by atoms with Gasteiger partial charge in [-0.3, -0.25) is 9.59 Å². The zero-order chi connectivity index (χ0) is 17.4. The molecular weight excluding hydrogens is 310 g/mol. The Hall–Kier alpha value is -2.62. The van der Waals surface area contributed by atoms with E-state index in [1.807, 2.05) is 6.07 Å². The average Bonchev–Trinajstić information content (AvgIpc) is 2.61. The zero-order valence-electron chi connectivity index (χ0n) is 13.7. The van der Waals surface area contributed by atoms with Crippen LogP contribution in [0.1, 0.15) is 38.2 Å². The molecule has 0 aliphatic carbocycles. The highest BCUT2D eigenvalue weighted by atomic mass is 16.5. The van der Waals surface area contributed by atoms with Crippen molar-refractivity contribution in [1.82, 2.24) is 9.88 Å². The maximum Gasteiger partial charge on any atom is 0.306 e. The first-order chi connectivity index (χ1) is 11.6. The molecule has 1 aliphatic heterocycles. The van der Waals surface area contributed by atoms with Crippen LogP contribution in [0.15, 0.2) is 18.3 Å². The van der Waals surface area contributed by atoms with Crippen LogP contribution in [0.25, 0.3) is 0 Å². The van der Waals surface area contributed by atoms with Crippen LogP contribution in [0, 0.1) is 11.3 Å². The lowest BCUT2D eigenvalue weighted by molar-refractivity contribution is -0.146. The van der Waals surface area contributed by atoms with E-state index in [2.05, 4.69) is 4.98 Å². The molecule has 0 bridgehead atoms. The van der Waals surface area contributed by atoms with Crippen LogP contribution in [0.3, 0.4) is 0 Å². The molecule has 7 heteroatoms. The monoisotopic (exact) mass is 331 g/mol. The molecule has 0 spiro atoms. The Morgan fingerprint density at radius 1 is 1.33 bits per heavy atom. The summed E-state index contributed by atoms with van der Waals surface area (Å²) in [5, 5.41) is 8.74. The number of nitrogens with zero attached hydrogens (tertiary/aromatic N) is 3. The molecule has 24 heavy (non-hydrogen) atoms. The maximum atomic E-state index is 12.1. The number of pyridine rings is 1. The van der Waals surface area contributed by atoms with Crippen molar-refractivity contribution in [2.24, 2.45) is 0 Å². The number of hydrogen-bond acceptors (Lipinski definition) is 6. The molecule has 2 rings (SSSR count). The molecule has 0 aromatic carbocycles. The number of piperidine rings is 1. The van der Waals surface area contributed by atoms with Crippen LogP contribution >= 0.6 is 0 Å². The van der Waals surface area contributed by atoms with Gasteiger partial charge in [-0.2, -0.15) is 5.26 Å². The largest absolute Gasteiger partial charge is 0.474 e. The highest BCUT2D eigenvalue weighted by Gasteiger charge is 2.24. The summed E-state index contributed by atoms with van der Waals surface area (Å²) in [4.78, 5) is 29.2. The van der Waals surface area contributed by atoms with Gasteiger partial charge in [-0.15, -0.1) is 0 Å². The van der Waals surface area contributed by atoms with E-state index in [0.29, 0.717) is 44.0 Å². The van der Waals surface area contributed by atoms with E-state index in [0.717, 1.165) is 0 Å². The third-order valence-corrected chi connectivity index (χ3v) is 3.80. The highest BCUT2D eigenvalue weighted by Crippen LogP contribution is 2.18. The number of rotatable bonds is 6. The second-order valence-electron chi connectivity index (χ2n) is 5.50. The smallest absolute Gasteiger partial charge is 0.306 e. The number of hydrogen-bond donors (Lipinski definition) is 0. The van der Waals surface area contributed by atoms with Gasteiger partial charge in [-0.1, -0.05) is 0 Å². The van der Waals surface area contributed by atoms with Crippen LogP contribution in [-0.4, -0.2) is 47.6 Å². The standard InChI is InChI=1S/C17H21N3O4/c1-2-23-17(22)6-5-16(21)20-9-7-14(8-10-20)24-15-4-3-13(11-18)12-19-15/h3-4,12,14H,2,5-10H2,1H3. The van der Waals surface area contributed by atoms with Crippen molar-refractivity contribution in [3.8, 4) is 11.9 Å². The van der Waals surface area contributed by atoms with E-state index in [9.17, 15) is 9.59 Å². The van der Waals surface area contributed by atoms with Gasteiger partial charge in [-0.25, -0.2) is 4.98 Å². The van der Waals surface area contributed by atoms with Crippen molar-refractivity contribution in [3.05, 3.63) is 23.9 Å². The predicted molar refractivity (Wildman–Crippen MR) is 85.0 cm³/mol. The van der Waals surface area contributed by atoms with Gasteiger partial charge in [0, 0.05) is 44.6 Å². The molecule has 2 heterocycles. The van der Waals surface area contributed by atoms with Crippen molar-refractivity contribution in [3.63, 3.8) is 0 Å². The van der Waals surface area contributed by atoms with Gasteiger partial charge in [0.1, 0.15) is 12.2 Å². The van der Waals surface area contributed by atoms with Crippen molar-refractivity contribution in [1.29, 1.82) is 5.26 Å². The molecule has 128 valence electrons. The lowest BCUT2D eigenvalue weighted by Crippen LogP contribution is -2.42. The minimum absolute atomic E-state index is 0.000424. The molecule has 0 saturated carbocycles. The highest BCUT2D eigenvalue weighted by molar-refractivity contribution is 5.81. The molecule has 7 nitrogen and oxygen atoms in total. The van der Waals surface area contributed by atoms with Crippen LogP contribution in [0.2, 0.25) is 0 Å². The van der Waals surface area contributed by atoms with Gasteiger partial charge in [0.2, 0.25) is 11.8 Å². The van der Waals surface area contributed by atoms with E-state index in [1.165, 1.54) is 6.20 Å². The minimum atomic E-state index is -0.337. The maximum absolute atomic E-state index is 12.1. The Morgan fingerprint density at radius 3 is 2.67 bits per heavy atom. The summed E-state index contributed by atoms with van der Waals surface area (Å²) >= 11 is 0. The zero-order valence-corrected chi connectivity index (χ0v) is 13.7. The molecule has 0 radical (unpaired) electrons. The number of likely N-dealkylation sites (tertiary alicyclic amines) is 1. The van der Waals surface area contributed by atoms with Crippen LogP contribution < -0.4 is 4.74 Å². The number of ether oxygens (including phenoxy) is 2. The summed E-state index contributed by atoms with van der Waals surface area (Å²) in [6.07, 6.45) is 3.21. The molecule has 1 amide bonds. The summed E-state index contributed by atoms with van der Waals surface area (Å²) in [5.41, 5.74) is 0.490. The molecule has 1 aliphatic rings. The minimum Gasteiger partial charge on any atom is -0.474 e. The number of nitriles is 1. The van der Waals surface area contributed by atoms with Crippen molar-refractivity contribution in [2.45, 2.75) is 38.7 Å². The van der Waals surface area contributed by atoms with Crippen molar-refractivity contribution >= 4 is 11.9 Å². The van der Waals surface area contributed by atoms with Crippen LogP contribution in [0.4, 0.5) is 0 Å². The third kappa shape index (κ3) is 5.23. The average molecular weight is 331 g/mol. The fraction of sp³-hybridized carbons (Fsp3) is 0.529. The molecule has 1 aromatic rings. The van der Waals surface area contributed by atoms with Gasteiger partial charge in [0.15, 0.2) is 0 Å². The van der Waals surface area contributed by atoms with E-state index in [4.69, 9.17) is 14.7 Å². The first-order valence-electron chi connectivity index (χ1n) is 8.08. The van der Waals surface area contributed by atoms with E-state index >= 15 is 0 Å². The Labute approximate surface area is 141 Å². The van der Waals surface area contributed by atoms with E-state index in [1.54, 1.807) is 24.0 Å². The van der Waals surface area contributed by atoms with E-state index in [-0.39, 0.29) is 30.8 Å².